The van der Waals surface area contributed by atoms with Gasteiger partial charge in [-0.25, -0.2) is 0 Å². The maximum atomic E-state index is 13.2. The van der Waals surface area contributed by atoms with Crippen LogP contribution in [0.15, 0.2) is 24.3 Å². The molecule has 27 heavy (non-hydrogen) atoms. The lowest BCUT2D eigenvalue weighted by molar-refractivity contribution is 0.0992. The van der Waals surface area contributed by atoms with Crippen LogP contribution in [0.25, 0.3) is 0 Å². The summed E-state index contributed by atoms with van der Waals surface area (Å²) in [5, 5.41) is 0. The van der Waals surface area contributed by atoms with Crippen LogP contribution in [-0.4, -0.2) is 31.7 Å². The highest BCUT2D eigenvalue weighted by atomic mass is 16.5. The third-order valence-electron chi connectivity index (χ3n) is 5.71. The van der Waals surface area contributed by atoms with E-state index in [2.05, 4.69) is 18.4 Å². The first-order chi connectivity index (χ1) is 13.0. The van der Waals surface area contributed by atoms with Gasteiger partial charge in [-0.2, -0.15) is 0 Å². The number of amides is 1. The summed E-state index contributed by atoms with van der Waals surface area (Å²) in [5.41, 5.74) is 3.79. The molecule has 1 aliphatic carbocycles. The Morgan fingerprint density at radius 2 is 1.70 bits per heavy atom. The molecule has 0 N–H and O–H groups in total. The molecule has 1 saturated carbocycles. The van der Waals surface area contributed by atoms with E-state index in [4.69, 9.17) is 9.47 Å². The zero-order chi connectivity index (χ0) is 19.6. The van der Waals surface area contributed by atoms with Crippen LogP contribution < -0.4 is 14.4 Å². The van der Waals surface area contributed by atoms with E-state index in [1.54, 1.807) is 26.2 Å². The van der Waals surface area contributed by atoms with Gasteiger partial charge in [-0.3, -0.25) is 4.79 Å². The maximum absolute atomic E-state index is 13.2. The van der Waals surface area contributed by atoms with E-state index < -0.39 is 0 Å². The number of carbonyl (C=O) groups excluding carboxylic acids is 1. The van der Waals surface area contributed by atoms with E-state index in [1.807, 2.05) is 24.3 Å². The summed E-state index contributed by atoms with van der Waals surface area (Å²) in [6.07, 6.45) is 6.28. The smallest absolute Gasteiger partial charge is 0.259 e. The number of rotatable bonds is 5. The van der Waals surface area contributed by atoms with Crippen LogP contribution in [0.3, 0.4) is 0 Å². The van der Waals surface area contributed by atoms with Gasteiger partial charge in [0.2, 0.25) is 0 Å². The maximum Gasteiger partial charge on any atom is 0.259 e. The van der Waals surface area contributed by atoms with Crippen molar-refractivity contribution in [3.63, 3.8) is 0 Å². The van der Waals surface area contributed by atoms with Gasteiger partial charge in [0.05, 0.1) is 19.8 Å². The fourth-order valence-electron chi connectivity index (χ4n) is 4.23. The van der Waals surface area contributed by atoms with Crippen molar-refractivity contribution in [1.29, 1.82) is 0 Å². The van der Waals surface area contributed by atoms with Crippen LogP contribution >= 0.6 is 0 Å². The van der Waals surface area contributed by atoms with Crippen molar-refractivity contribution >= 4 is 11.6 Å². The minimum Gasteiger partial charge on any atom is -0.493 e. The first-order valence-corrected chi connectivity index (χ1v) is 9.66. The van der Waals surface area contributed by atoms with E-state index in [0.717, 1.165) is 16.9 Å². The third-order valence-corrected chi connectivity index (χ3v) is 5.71. The van der Waals surface area contributed by atoms with Crippen LogP contribution in [0.2, 0.25) is 0 Å². The second-order valence-corrected chi connectivity index (χ2v) is 7.35. The lowest BCUT2D eigenvalue weighted by Crippen LogP contribution is -2.27. The number of benzene rings is 1. The fraction of sp³-hybridized carbons (Fsp3) is 0.500. The Bertz CT molecular complexity index is 819. The Kier molecular flexibility index (Phi) is 5.78. The van der Waals surface area contributed by atoms with Crippen LogP contribution in [-0.2, 0) is 0 Å². The number of anilines is 1. The van der Waals surface area contributed by atoms with Gasteiger partial charge >= 0.3 is 0 Å². The number of aromatic nitrogens is 1. The average molecular weight is 370 g/mol. The molecule has 0 saturated heterocycles. The van der Waals surface area contributed by atoms with E-state index in [0.29, 0.717) is 17.5 Å². The van der Waals surface area contributed by atoms with Gasteiger partial charge < -0.3 is 18.9 Å². The van der Waals surface area contributed by atoms with Gasteiger partial charge in [-0.05, 0) is 44.9 Å². The molecule has 0 unspecified atom stereocenters. The highest BCUT2D eigenvalue weighted by molar-refractivity contribution is 6.06. The normalized spacial score (nSPS) is 14.9. The summed E-state index contributed by atoms with van der Waals surface area (Å²) in [7, 11) is 5.00. The van der Waals surface area contributed by atoms with E-state index >= 15 is 0 Å². The highest BCUT2D eigenvalue weighted by Crippen LogP contribution is 2.34. The summed E-state index contributed by atoms with van der Waals surface area (Å²) >= 11 is 0. The lowest BCUT2D eigenvalue weighted by atomic mass is 9.95. The molecule has 1 amide bonds. The molecule has 1 aliphatic rings. The molecule has 0 aliphatic heterocycles. The number of nitrogens with zero attached hydrogens (tertiary/aromatic N) is 2. The first-order valence-electron chi connectivity index (χ1n) is 9.66. The standard InChI is InChI=1S/C22H30N2O3/c1-15-13-19(16(2)24(15)17-9-7-6-8-10-17)22(25)23(3)18-11-12-20(26-4)21(14-18)27-5/h11-14,17H,6-10H2,1-5H3. The molecular weight excluding hydrogens is 340 g/mol. The SMILES string of the molecule is COc1ccc(N(C)C(=O)c2cc(C)n(C3CCCCC3)c2C)cc1OC. The molecule has 1 aromatic heterocycles. The monoisotopic (exact) mass is 370 g/mol. The molecule has 1 fully saturated rings. The van der Waals surface area contributed by atoms with Crippen molar-refractivity contribution in [3.05, 3.63) is 41.2 Å². The Morgan fingerprint density at radius 1 is 1.04 bits per heavy atom. The molecule has 5 heteroatoms. The van der Waals surface area contributed by atoms with Gasteiger partial charge in [-0.1, -0.05) is 19.3 Å². The number of carbonyl (C=O) groups is 1. The van der Waals surface area contributed by atoms with Gasteiger partial charge in [0.1, 0.15) is 0 Å². The molecule has 1 aromatic carbocycles. The minimum absolute atomic E-state index is 0.00243. The highest BCUT2D eigenvalue weighted by Gasteiger charge is 2.25. The Morgan fingerprint density at radius 3 is 2.33 bits per heavy atom. The van der Waals surface area contributed by atoms with Crippen LogP contribution in [0.1, 0.15) is 59.9 Å². The van der Waals surface area contributed by atoms with Crippen LogP contribution in [0.5, 0.6) is 11.5 Å². The Balaban J connectivity index is 1.89. The Hall–Kier alpha value is -2.43. The van der Waals surface area contributed by atoms with E-state index in [-0.39, 0.29) is 5.91 Å². The number of ether oxygens (including phenoxy) is 2. The van der Waals surface area contributed by atoms with Crippen molar-refractivity contribution in [1.82, 2.24) is 4.57 Å². The van der Waals surface area contributed by atoms with Gasteiger partial charge in [0.15, 0.2) is 11.5 Å². The summed E-state index contributed by atoms with van der Waals surface area (Å²) in [6, 6.07) is 8.08. The topological polar surface area (TPSA) is 43.7 Å². The predicted octanol–water partition coefficient (Wildman–Crippen LogP) is 4.90. The van der Waals surface area contributed by atoms with Crippen molar-refractivity contribution in [2.75, 3.05) is 26.2 Å². The predicted molar refractivity (Wildman–Crippen MR) is 108 cm³/mol. The molecule has 1 heterocycles. The van der Waals surface area contributed by atoms with Crippen molar-refractivity contribution in [2.45, 2.75) is 52.0 Å². The second-order valence-electron chi connectivity index (χ2n) is 7.35. The zero-order valence-corrected chi connectivity index (χ0v) is 17.0. The number of hydrogen-bond donors (Lipinski definition) is 0. The summed E-state index contributed by atoms with van der Waals surface area (Å²) < 4.78 is 13.0. The zero-order valence-electron chi connectivity index (χ0n) is 17.0. The minimum atomic E-state index is -0.00243. The first kappa shape index (κ1) is 19.3. The van der Waals surface area contributed by atoms with Crippen LogP contribution in [0.4, 0.5) is 5.69 Å². The molecular formula is C22H30N2O3. The second kappa shape index (κ2) is 8.07. The fourth-order valence-corrected chi connectivity index (χ4v) is 4.23. The van der Waals surface area contributed by atoms with Crippen molar-refractivity contribution in [2.24, 2.45) is 0 Å². The summed E-state index contributed by atoms with van der Waals surface area (Å²) in [4.78, 5) is 14.9. The largest absolute Gasteiger partial charge is 0.493 e. The molecule has 0 atom stereocenters. The molecule has 0 spiro atoms. The van der Waals surface area contributed by atoms with Gasteiger partial charge in [0.25, 0.3) is 5.91 Å². The quantitative estimate of drug-likeness (QED) is 0.751. The lowest BCUT2D eigenvalue weighted by Gasteiger charge is -2.26. The van der Waals surface area contributed by atoms with E-state index in [9.17, 15) is 4.79 Å². The molecule has 0 bridgehead atoms. The molecule has 0 radical (unpaired) electrons. The Labute approximate surface area is 161 Å². The molecule has 2 aromatic rings. The van der Waals surface area contributed by atoms with Crippen molar-refractivity contribution < 1.29 is 14.3 Å². The van der Waals surface area contributed by atoms with Gasteiger partial charge in [0, 0.05) is 36.2 Å². The third kappa shape index (κ3) is 3.68. The molecule has 3 rings (SSSR count). The molecule has 146 valence electrons. The van der Waals surface area contributed by atoms with Crippen molar-refractivity contribution in [3.8, 4) is 11.5 Å². The average Bonchev–Trinajstić information content (AvgIpc) is 3.00. The summed E-state index contributed by atoms with van der Waals surface area (Å²) in [6.45, 7) is 4.17. The summed E-state index contributed by atoms with van der Waals surface area (Å²) in [5.74, 6) is 1.26. The number of aryl methyl sites for hydroxylation is 1. The van der Waals surface area contributed by atoms with Crippen LogP contribution in [0, 0.1) is 13.8 Å². The van der Waals surface area contributed by atoms with E-state index in [1.165, 1.54) is 37.8 Å². The number of hydrogen-bond acceptors (Lipinski definition) is 3. The van der Waals surface area contributed by atoms with Gasteiger partial charge in [-0.15, -0.1) is 0 Å². The number of methoxy groups -OCH3 is 2. The molecule has 5 nitrogen and oxygen atoms in total.